The van der Waals surface area contributed by atoms with Gasteiger partial charge in [0.15, 0.2) is 5.54 Å². The van der Waals surface area contributed by atoms with Gasteiger partial charge in [0.1, 0.15) is 12.1 Å². The zero-order chi connectivity index (χ0) is 19.3. The van der Waals surface area contributed by atoms with E-state index in [1.807, 2.05) is 6.92 Å². The lowest BCUT2D eigenvalue weighted by Gasteiger charge is -2.50. The predicted molar refractivity (Wildman–Crippen MR) is 95.6 cm³/mol. The molecule has 3 N–H and O–H groups in total. The molecule has 0 bridgehead atoms. The van der Waals surface area contributed by atoms with Crippen molar-refractivity contribution < 1.29 is 19.2 Å². The van der Waals surface area contributed by atoms with Crippen LogP contribution in [0, 0.1) is 5.92 Å². The summed E-state index contributed by atoms with van der Waals surface area (Å²) in [6, 6.07) is 5.92. The maximum atomic E-state index is 13.3. The van der Waals surface area contributed by atoms with Crippen molar-refractivity contribution >= 4 is 29.6 Å². The van der Waals surface area contributed by atoms with Gasteiger partial charge in [0.25, 0.3) is 5.91 Å². The first-order chi connectivity index (χ1) is 12.9. The van der Waals surface area contributed by atoms with Gasteiger partial charge in [-0.1, -0.05) is 31.5 Å². The number of carbonyl (C=O) groups excluding carboxylic acids is 4. The van der Waals surface area contributed by atoms with Crippen LogP contribution in [0.15, 0.2) is 24.3 Å². The van der Waals surface area contributed by atoms with Crippen molar-refractivity contribution in [2.45, 2.75) is 31.5 Å². The molecule has 3 aliphatic rings. The van der Waals surface area contributed by atoms with Crippen molar-refractivity contribution in [3.8, 4) is 0 Å². The minimum absolute atomic E-state index is 0.374. The van der Waals surface area contributed by atoms with Crippen LogP contribution in [-0.4, -0.2) is 48.5 Å². The standard InChI is InChI=1S/C18H21N5O4/c1-3-4-9-23-13-12(14(24)20-17(23)27)18(21-16(26)19-13)10-7-5-6-8-11(10)22(2)15(18)25/h5-8,12-13H,3-4,9H2,1-2H3,(H2,19,21,26)(H,20,24,27). The third-order valence-corrected chi connectivity index (χ3v) is 5.57. The Morgan fingerprint density at radius 3 is 2.63 bits per heavy atom. The number of nitrogens with one attached hydrogen (secondary N) is 3. The number of urea groups is 2. The van der Waals surface area contributed by atoms with Gasteiger partial charge in [0.05, 0.1) is 0 Å². The Kier molecular flexibility index (Phi) is 3.83. The minimum atomic E-state index is -1.55. The molecule has 3 aliphatic heterocycles. The Balaban J connectivity index is 1.87. The van der Waals surface area contributed by atoms with Crippen LogP contribution < -0.4 is 20.9 Å². The number of rotatable bonds is 3. The average molecular weight is 371 g/mol. The zero-order valence-electron chi connectivity index (χ0n) is 15.1. The molecule has 2 fully saturated rings. The quantitative estimate of drug-likeness (QED) is 0.717. The van der Waals surface area contributed by atoms with E-state index in [1.165, 1.54) is 9.80 Å². The van der Waals surface area contributed by atoms with E-state index >= 15 is 0 Å². The van der Waals surface area contributed by atoms with Crippen LogP contribution in [0.1, 0.15) is 25.3 Å². The number of benzene rings is 1. The lowest BCUT2D eigenvalue weighted by Crippen LogP contribution is -2.79. The number of unbranched alkanes of at least 4 members (excludes halogenated alkanes) is 1. The largest absolute Gasteiger partial charge is 0.325 e. The molecule has 0 aliphatic carbocycles. The van der Waals surface area contributed by atoms with Gasteiger partial charge in [-0.2, -0.15) is 0 Å². The van der Waals surface area contributed by atoms with Gasteiger partial charge in [-0.05, 0) is 12.5 Å². The fourth-order valence-electron chi connectivity index (χ4n) is 4.31. The molecule has 27 heavy (non-hydrogen) atoms. The average Bonchev–Trinajstić information content (AvgIpc) is 2.84. The van der Waals surface area contributed by atoms with E-state index < -0.39 is 41.5 Å². The summed E-state index contributed by atoms with van der Waals surface area (Å²) in [7, 11) is 1.61. The van der Waals surface area contributed by atoms with Crippen LogP contribution in [-0.2, 0) is 15.1 Å². The summed E-state index contributed by atoms with van der Waals surface area (Å²) < 4.78 is 0. The number of hydrogen-bond acceptors (Lipinski definition) is 4. The summed E-state index contributed by atoms with van der Waals surface area (Å²) >= 11 is 0. The number of fused-ring (bicyclic) bond motifs is 4. The molecule has 3 heterocycles. The molecule has 0 aromatic heterocycles. The Labute approximate surface area is 156 Å². The van der Waals surface area contributed by atoms with Crippen molar-refractivity contribution in [2.24, 2.45) is 5.92 Å². The lowest BCUT2D eigenvalue weighted by atomic mass is 9.74. The topological polar surface area (TPSA) is 111 Å². The molecule has 3 unspecified atom stereocenters. The van der Waals surface area contributed by atoms with Crippen molar-refractivity contribution in [2.75, 3.05) is 18.5 Å². The van der Waals surface area contributed by atoms with Crippen LogP contribution in [0.25, 0.3) is 0 Å². The smallest absolute Gasteiger partial charge is 0.319 e. The van der Waals surface area contributed by atoms with Crippen LogP contribution in [0.5, 0.6) is 0 Å². The third kappa shape index (κ3) is 2.23. The summed E-state index contributed by atoms with van der Waals surface area (Å²) in [6.45, 7) is 2.36. The summed E-state index contributed by atoms with van der Waals surface area (Å²) in [4.78, 5) is 53.9. The first kappa shape index (κ1) is 17.3. The number of anilines is 1. The Bertz CT molecular complexity index is 856. The number of nitrogens with zero attached hydrogens (tertiary/aromatic N) is 2. The molecule has 9 heteroatoms. The first-order valence-corrected chi connectivity index (χ1v) is 8.99. The van der Waals surface area contributed by atoms with Gasteiger partial charge >= 0.3 is 12.1 Å². The minimum Gasteiger partial charge on any atom is -0.319 e. The van der Waals surface area contributed by atoms with Crippen molar-refractivity contribution in [1.82, 2.24) is 20.9 Å². The summed E-state index contributed by atoms with van der Waals surface area (Å²) in [5.41, 5.74) is -0.358. The van der Waals surface area contributed by atoms with Gasteiger partial charge in [0, 0.05) is 24.8 Å². The lowest BCUT2D eigenvalue weighted by molar-refractivity contribution is -0.142. The SMILES string of the molecule is CCCCN1C(=O)NC(=O)C2C1NC(=O)NC21C(=O)N(C)c2ccccc21. The molecule has 2 saturated heterocycles. The van der Waals surface area contributed by atoms with Crippen molar-refractivity contribution in [1.29, 1.82) is 0 Å². The Morgan fingerprint density at radius 1 is 1.15 bits per heavy atom. The van der Waals surface area contributed by atoms with Gasteiger partial charge in [-0.3, -0.25) is 14.9 Å². The fraction of sp³-hybridized carbons (Fsp3) is 0.444. The van der Waals surface area contributed by atoms with E-state index in [9.17, 15) is 19.2 Å². The molecule has 1 spiro atoms. The fourth-order valence-corrected chi connectivity index (χ4v) is 4.31. The van der Waals surface area contributed by atoms with E-state index in [0.29, 0.717) is 24.2 Å². The highest BCUT2D eigenvalue weighted by molar-refractivity contribution is 6.14. The molecule has 3 atom stereocenters. The maximum absolute atomic E-state index is 13.3. The normalized spacial score (nSPS) is 29.3. The molecular weight excluding hydrogens is 350 g/mol. The van der Waals surface area contributed by atoms with Gasteiger partial charge < -0.3 is 20.4 Å². The summed E-state index contributed by atoms with van der Waals surface area (Å²) in [5, 5.41) is 7.74. The highest BCUT2D eigenvalue weighted by atomic mass is 16.2. The monoisotopic (exact) mass is 371 g/mol. The van der Waals surface area contributed by atoms with Crippen LogP contribution in [0.4, 0.5) is 15.3 Å². The second kappa shape index (κ2) is 5.97. The van der Waals surface area contributed by atoms with Crippen LogP contribution >= 0.6 is 0 Å². The van der Waals surface area contributed by atoms with Gasteiger partial charge in [0.2, 0.25) is 5.91 Å². The molecule has 142 valence electrons. The molecule has 0 radical (unpaired) electrons. The predicted octanol–water partition coefficient (Wildman–Crippen LogP) is 0.465. The molecule has 6 amide bonds. The number of likely N-dealkylation sites (N-methyl/N-ethyl adjacent to an activating group) is 1. The maximum Gasteiger partial charge on any atom is 0.325 e. The van der Waals surface area contributed by atoms with Crippen LogP contribution in [0.2, 0.25) is 0 Å². The van der Waals surface area contributed by atoms with Gasteiger partial charge in [-0.25, -0.2) is 9.59 Å². The van der Waals surface area contributed by atoms with E-state index in [-0.39, 0.29) is 0 Å². The highest BCUT2D eigenvalue weighted by Gasteiger charge is 2.65. The molecule has 0 saturated carbocycles. The molecular formula is C18H21N5O4. The second-order valence-electron chi connectivity index (χ2n) is 7.05. The number of amides is 6. The summed E-state index contributed by atoms with van der Waals surface area (Å²) in [6.07, 6.45) is 0.665. The van der Waals surface area contributed by atoms with Gasteiger partial charge in [-0.15, -0.1) is 0 Å². The molecule has 1 aromatic carbocycles. The number of imide groups is 1. The number of para-hydroxylation sites is 1. The second-order valence-corrected chi connectivity index (χ2v) is 7.05. The van der Waals surface area contributed by atoms with Crippen molar-refractivity contribution in [3.05, 3.63) is 29.8 Å². The van der Waals surface area contributed by atoms with E-state index in [4.69, 9.17) is 0 Å². The third-order valence-electron chi connectivity index (χ3n) is 5.57. The van der Waals surface area contributed by atoms with E-state index in [0.717, 1.165) is 6.42 Å². The highest BCUT2D eigenvalue weighted by Crippen LogP contribution is 2.47. The van der Waals surface area contributed by atoms with E-state index in [2.05, 4.69) is 16.0 Å². The molecule has 9 nitrogen and oxygen atoms in total. The Morgan fingerprint density at radius 2 is 1.89 bits per heavy atom. The first-order valence-electron chi connectivity index (χ1n) is 8.99. The van der Waals surface area contributed by atoms with Crippen LogP contribution in [0.3, 0.4) is 0 Å². The van der Waals surface area contributed by atoms with E-state index in [1.54, 1.807) is 31.3 Å². The molecule has 1 aromatic rings. The number of hydrogen-bond donors (Lipinski definition) is 3. The zero-order valence-corrected chi connectivity index (χ0v) is 15.1. The Hall–Kier alpha value is -3.10. The number of carbonyl (C=O) groups is 4. The summed E-state index contributed by atoms with van der Waals surface area (Å²) in [5.74, 6) is -1.96. The molecule has 4 rings (SSSR count). The van der Waals surface area contributed by atoms with Crippen molar-refractivity contribution in [3.63, 3.8) is 0 Å².